The van der Waals surface area contributed by atoms with E-state index in [-0.39, 0.29) is 17.6 Å². The van der Waals surface area contributed by atoms with E-state index in [0.717, 1.165) is 11.3 Å². The number of ketones is 1. The van der Waals surface area contributed by atoms with Crippen molar-refractivity contribution in [2.24, 2.45) is 0 Å². The molecule has 2 nitrogen and oxygen atoms in total. The normalized spacial score (nSPS) is 19.1. The highest BCUT2D eigenvalue weighted by Gasteiger charge is 2.29. The zero-order valence-corrected chi connectivity index (χ0v) is 8.96. The summed E-state index contributed by atoms with van der Waals surface area (Å²) in [5, 5.41) is 0. The largest absolute Gasteiger partial charge is 0.371 e. The molecule has 0 saturated carbocycles. The Morgan fingerprint density at radius 2 is 2.33 bits per heavy atom. The lowest BCUT2D eigenvalue weighted by atomic mass is 10.1. The summed E-state index contributed by atoms with van der Waals surface area (Å²) in [6, 6.07) is 5.21. The average Bonchev–Trinajstić information content (AvgIpc) is 2.46. The molecule has 2 rings (SSSR count). The Hall–Kier alpha value is -1.38. The molecule has 0 N–H and O–H groups in total. The topological polar surface area (TPSA) is 20.3 Å². The molecule has 0 saturated heterocycles. The number of hydrogen-bond donors (Lipinski definition) is 0. The van der Waals surface area contributed by atoms with E-state index in [1.165, 1.54) is 6.07 Å². The van der Waals surface area contributed by atoms with Gasteiger partial charge >= 0.3 is 0 Å². The van der Waals surface area contributed by atoms with Crippen LogP contribution in [0.5, 0.6) is 0 Å². The Labute approximate surface area is 88.7 Å². The van der Waals surface area contributed by atoms with Gasteiger partial charge in [0.25, 0.3) is 0 Å². The van der Waals surface area contributed by atoms with Crippen molar-refractivity contribution in [1.82, 2.24) is 0 Å². The molecule has 0 fully saturated rings. The van der Waals surface area contributed by atoms with Gasteiger partial charge in [-0.2, -0.15) is 0 Å². The maximum absolute atomic E-state index is 13.5. The molecule has 0 aromatic heterocycles. The van der Waals surface area contributed by atoms with Crippen molar-refractivity contribution >= 4 is 11.5 Å². The molecule has 1 heterocycles. The van der Waals surface area contributed by atoms with Crippen LogP contribution in [0.2, 0.25) is 0 Å². The number of rotatable bonds is 2. The van der Waals surface area contributed by atoms with Crippen molar-refractivity contribution in [3.63, 3.8) is 0 Å². The molecule has 0 aliphatic carbocycles. The minimum atomic E-state index is -0.162. The summed E-state index contributed by atoms with van der Waals surface area (Å²) >= 11 is 0. The third kappa shape index (κ3) is 1.74. The SMILES string of the molecule is CC(=O)CC1Cc2c(F)cccc2N1C. The predicted octanol–water partition coefficient (Wildman–Crippen LogP) is 2.17. The first-order valence-corrected chi connectivity index (χ1v) is 5.09. The summed E-state index contributed by atoms with van der Waals surface area (Å²) in [4.78, 5) is 13.1. The summed E-state index contributed by atoms with van der Waals surface area (Å²) in [7, 11) is 1.92. The second-order valence-corrected chi connectivity index (χ2v) is 4.11. The number of halogens is 1. The molecular formula is C12H14FNO. The fourth-order valence-electron chi connectivity index (χ4n) is 2.19. The maximum Gasteiger partial charge on any atom is 0.131 e. The summed E-state index contributed by atoms with van der Waals surface area (Å²) in [6.07, 6.45) is 1.13. The number of likely N-dealkylation sites (N-methyl/N-ethyl adjacent to an activating group) is 1. The zero-order valence-electron chi connectivity index (χ0n) is 8.96. The molecule has 1 aliphatic heterocycles. The molecule has 3 heteroatoms. The van der Waals surface area contributed by atoms with E-state index in [1.54, 1.807) is 13.0 Å². The number of carbonyl (C=O) groups is 1. The van der Waals surface area contributed by atoms with Crippen molar-refractivity contribution in [2.75, 3.05) is 11.9 Å². The van der Waals surface area contributed by atoms with Gasteiger partial charge in [-0.1, -0.05) is 6.07 Å². The molecular weight excluding hydrogens is 193 g/mol. The van der Waals surface area contributed by atoms with Crippen molar-refractivity contribution < 1.29 is 9.18 Å². The van der Waals surface area contributed by atoms with Crippen LogP contribution in [-0.4, -0.2) is 18.9 Å². The Morgan fingerprint density at radius 1 is 1.60 bits per heavy atom. The van der Waals surface area contributed by atoms with Gasteiger partial charge in [-0.15, -0.1) is 0 Å². The van der Waals surface area contributed by atoms with Crippen LogP contribution in [0.15, 0.2) is 18.2 Å². The van der Waals surface area contributed by atoms with E-state index in [9.17, 15) is 9.18 Å². The van der Waals surface area contributed by atoms with Crippen molar-refractivity contribution in [2.45, 2.75) is 25.8 Å². The number of hydrogen-bond acceptors (Lipinski definition) is 2. The summed E-state index contributed by atoms with van der Waals surface area (Å²) in [5.41, 5.74) is 1.66. The van der Waals surface area contributed by atoms with Gasteiger partial charge < -0.3 is 4.90 Å². The van der Waals surface area contributed by atoms with E-state index in [0.29, 0.717) is 12.8 Å². The third-order valence-electron chi connectivity index (χ3n) is 2.98. The average molecular weight is 207 g/mol. The van der Waals surface area contributed by atoms with Crippen LogP contribution in [0.25, 0.3) is 0 Å². The summed E-state index contributed by atoms with van der Waals surface area (Å²) in [5.74, 6) is -0.00883. The number of Topliss-reactive ketones (excluding diaryl/α,β-unsaturated/α-hetero) is 1. The Bertz CT molecular complexity index is 403. The lowest BCUT2D eigenvalue weighted by Crippen LogP contribution is -2.29. The minimum Gasteiger partial charge on any atom is -0.371 e. The third-order valence-corrected chi connectivity index (χ3v) is 2.98. The van der Waals surface area contributed by atoms with Crippen LogP contribution in [-0.2, 0) is 11.2 Å². The first-order chi connectivity index (χ1) is 7.09. The van der Waals surface area contributed by atoms with E-state index in [2.05, 4.69) is 0 Å². The lowest BCUT2D eigenvalue weighted by Gasteiger charge is -2.21. The number of anilines is 1. The van der Waals surface area contributed by atoms with Crippen molar-refractivity contribution in [3.8, 4) is 0 Å². The summed E-state index contributed by atoms with van der Waals surface area (Å²) < 4.78 is 13.5. The van der Waals surface area contributed by atoms with Gasteiger partial charge in [-0.25, -0.2) is 4.39 Å². The molecule has 0 amide bonds. The number of fused-ring (bicyclic) bond motifs is 1. The maximum atomic E-state index is 13.5. The van der Waals surface area contributed by atoms with Crippen LogP contribution in [0, 0.1) is 5.82 Å². The fraction of sp³-hybridized carbons (Fsp3) is 0.417. The molecule has 80 valence electrons. The van der Waals surface area contributed by atoms with Gasteiger partial charge in [-0.05, 0) is 25.5 Å². The van der Waals surface area contributed by atoms with E-state index in [4.69, 9.17) is 0 Å². The molecule has 15 heavy (non-hydrogen) atoms. The fourth-order valence-corrected chi connectivity index (χ4v) is 2.19. The van der Waals surface area contributed by atoms with E-state index >= 15 is 0 Å². The minimum absolute atomic E-state index is 0.120. The lowest BCUT2D eigenvalue weighted by molar-refractivity contribution is -0.117. The van der Waals surface area contributed by atoms with Gasteiger partial charge in [0.1, 0.15) is 11.6 Å². The highest BCUT2D eigenvalue weighted by Crippen LogP contribution is 2.33. The Balaban J connectivity index is 2.29. The molecule has 1 aromatic rings. The van der Waals surface area contributed by atoms with Gasteiger partial charge in [0.15, 0.2) is 0 Å². The van der Waals surface area contributed by atoms with Gasteiger partial charge in [0.05, 0.1) is 0 Å². The van der Waals surface area contributed by atoms with Crippen molar-refractivity contribution in [3.05, 3.63) is 29.6 Å². The molecule has 1 atom stereocenters. The van der Waals surface area contributed by atoms with E-state index < -0.39 is 0 Å². The molecule has 0 radical (unpaired) electrons. The summed E-state index contributed by atoms with van der Waals surface area (Å²) in [6.45, 7) is 1.58. The monoisotopic (exact) mass is 207 g/mol. The zero-order chi connectivity index (χ0) is 11.0. The molecule has 1 aromatic carbocycles. The second kappa shape index (κ2) is 3.65. The quantitative estimate of drug-likeness (QED) is 0.740. The number of carbonyl (C=O) groups excluding carboxylic acids is 1. The first kappa shape index (κ1) is 10.1. The molecule has 0 spiro atoms. The van der Waals surface area contributed by atoms with Gasteiger partial charge in [-0.3, -0.25) is 4.79 Å². The predicted molar refractivity (Wildman–Crippen MR) is 57.6 cm³/mol. The Kier molecular flexibility index (Phi) is 2.47. The van der Waals surface area contributed by atoms with Crippen LogP contribution in [0.4, 0.5) is 10.1 Å². The highest BCUT2D eigenvalue weighted by molar-refractivity contribution is 5.77. The van der Waals surface area contributed by atoms with Crippen LogP contribution in [0.1, 0.15) is 18.9 Å². The smallest absolute Gasteiger partial charge is 0.131 e. The van der Waals surface area contributed by atoms with Crippen LogP contribution < -0.4 is 4.90 Å². The molecule has 1 aliphatic rings. The van der Waals surface area contributed by atoms with Gasteiger partial charge in [0.2, 0.25) is 0 Å². The number of benzene rings is 1. The number of nitrogens with zero attached hydrogens (tertiary/aromatic N) is 1. The molecule has 0 bridgehead atoms. The highest BCUT2D eigenvalue weighted by atomic mass is 19.1. The standard InChI is InChI=1S/C12H14FNO/c1-8(15)6-9-7-10-11(13)4-3-5-12(10)14(9)2/h3-5,9H,6-7H2,1-2H3. The van der Waals surface area contributed by atoms with E-state index in [1.807, 2.05) is 18.0 Å². The first-order valence-electron chi connectivity index (χ1n) is 5.09. The van der Waals surface area contributed by atoms with Crippen molar-refractivity contribution in [1.29, 1.82) is 0 Å². The second-order valence-electron chi connectivity index (χ2n) is 4.11. The molecule has 1 unspecified atom stereocenters. The van der Waals surface area contributed by atoms with Crippen LogP contribution in [0.3, 0.4) is 0 Å². The Morgan fingerprint density at radius 3 is 2.93 bits per heavy atom. The van der Waals surface area contributed by atoms with Gasteiger partial charge in [0, 0.05) is 30.8 Å². The van der Waals surface area contributed by atoms with Crippen LogP contribution >= 0.6 is 0 Å².